The molecule has 154 valence electrons. The lowest BCUT2D eigenvalue weighted by molar-refractivity contribution is 0.102. The molecule has 1 aromatic heterocycles. The fraction of sp³-hybridized carbons (Fsp3) is 0.438. The molecule has 0 aliphatic heterocycles. The molecule has 0 spiro atoms. The van der Waals surface area contributed by atoms with Crippen molar-refractivity contribution in [2.45, 2.75) is 42.9 Å². The Kier molecular flexibility index (Phi) is 6.51. The van der Waals surface area contributed by atoms with Gasteiger partial charge in [-0.3, -0.25) is 10.1 Å². The first-order valence-corrected chi connectivity index (χ1v) is 12.2. The Morgan fingerprint density at radius 1 is 1.21 bits per heavy atom. The van der Waals surface area contributed by atoms with Crippen LogP contribution in [-0.4, -0.2) is 44.9 Å². The molecule has 0 aliphatic rings. The van der Waals surface area contributed by atoms with Gasteiger partial charge in [0.05, 0.1) is 21.2 Å². The highest BCUT2D eigenvalue weighted by molar-refractivity contribution is 7.94. The second-order valence-corrected chi connectivity index (χ2v) is 10.8. The van der Waals surface area contributed by atoms with E-state index in [9.17, 15) is 21.6 Å². The third-order valence-corrected chi connectivity index (χ3v) is 7.41. The number of carbonyl (C=O) groups is 1. The molecule has 0 atom stereocenters. The van der Waals surface area contributed by atoms with Crippen molar-refractivity contribution >= 4 is 43.2 Å². The van der Waals surface area contributed by atoms with E-state index in [1.807, 2.05) is 13.8 Å². The lowest BCUT2D eigenvalue weighted by atomic mass is 10.2. The van der Waals surface area contributed by atoms with Gasteiger partial charge in [-0.25, -0.2) is 16.8 Å². The molecule has 1 aromatic carbocycles. The van der Waals surface area contributed by atoms with Gasteiger partial charge in [0.15, 0.2) is 19.7 Å². The van der Waals surface area contributed by atoms with Crippen LogP contribution in [0, 0.1) is 0 Å². The lowest BCUT2D eigenvalue weighted by Gasteiger charge is -2.13. The molecule has 12 heteroatoms. The Balaban J connectivity index is 2.55. The maximum absolute atomic E-state index is 12.6. The van der Waals surface area contributed by atoms with Crippen molar-refractivity contribution in [3.05, 3.63) is 28.6 Å². The minimum Gasteiger partial charge on any atom is -0.408 e. The number of aromatic nitrogens is 2. The number of hydrogen-bond donors (Lipinski definition) is 1. The topological polar surface area (TPSA) is 136 Å². The third-order valence-electron chi connectivity index (χ3n) is 3.64. The lowest BCUT2D eigenvalue weighted by Crippen LogP contribution is -2.18. The van der Waals surface area contributed by atoms with Crippen LogP contribution in [0.1, 0.15) is 49.4 Å². The van der Waals surface area contributed by atoms with Crippen molar-refractivity contribution in [2.75, 3.05) is 17.3 Å². The molecular formula is C16H20ClN3O6S2. The number of halogens is 1. The molecule has 1 amide bonds. The highest BCUT2D eigenvalue weighted by Crippen LogP contribution is 2.33. The molecule has 9 nitrogen and oxygen atoms in total. The average Bonchev–Trinajstić information content (AvgIpc) is 3.01. The largest absolute Gasteiger partial charge is 0.408 e. The fourth-order valence-corrected chi connectivity index (χ4v) is 6.10. The number of benzene rings is 1. The first-order valence-electron chi connectivity index (χ1n) is 8.28. The smallest absolute Gasteiger partial charge is 0.322 e. The van der Waals surface area contributed by atoms with Gasteiger partial charge < -0.3 is 4.42 Å². The summed E-state index contributed by atoms with van der Waals surface area (Å²) in [6.07, 6.45) is 1.12. The van der Waals surface area contributed by atoms with Crippen molar-refractivity contribution in [2.24, 2.45) is 0 Å². The summed E-state index contributed by atoms with van der Waals surface area (Å²) < 4.78 is 54.6. The van der Waals surface area contributed by atoms with E-state index in [4.69, 9.17) is 16.0 Å². The summed E-state index contributed by atoms with van der Waals surface area (Å²) in [5.74, 6) is -0.875. The van der Waals surface area contributed by atoms with Crippen molar-refractivity contribution < 1.29 is 26.0 Å². The summed E-state index contributed by atoms with van der Waals surface area (Å²) in [5, 5.41) is 9.32. The first-order chi connectivity index (χ1) is 12.9. The quantitative estimate of drug-likeness (QED) is 0.681. The summed E-state index contributed by atoms with van der Waals surface area (Å²) in [6, 6.07) is 2.00. The van der Waals surface area contributed by atoms with Crippen LogP contribution in [0.5, 0.6) is 0 Å². The molecule has 0 saturated carbocycles. The van der Waals surface area contributed by atoms with Gasteiger partial charge >= 0.3 is 6.01 Å². The summed E-state index contributed by atoms with van der Waals surface area (Å²) in [4.78, 5) is 11.5. The number of sulfone groups is 2. The van der Waals surface area contributed by atoms with Gasteiger partial charge in [-0.2, -0.15) is 0 Å². The Morgan fingerprint density at radius 3 is 2.36 bits per heavy atom. The number of hydrogen-bond acceptors (Lipinski definition) is 8. The third kappa shape index (κ3) is 4.70. The van der Waals surface area contributed by atoms with E-state index >= 15 is 0 Å². The normalized spacial score (nSPS) is 12.4. The zero-order valence-electron chi connectivity index (χ0n) is 15.7. The monoisotopic (exact) mass is 449 g/mol. The highest BCUT2D eigenvalue weighted by Gasteiger charge is 2.30. The van der Waals surface area contributed by atoms with Gasteiger partial charge in [0.2, 0.25) is 5.89 Å². The van der Waals surface area contributed by atoms with E-state index in [-0.39, 0.29) is 29.7 Å². The van der Waals surface area contributed by atoms with Crippen LogP contribution in [0.4, 0.5) is 6.01 Å². The van der Waals surface area contributed by atoms with Crippen LogP contribution < -0.4 is 5.32 Å². The van der Waals surface area contributed by atoms with E-state index in [1.54, 1.807) is 6.92 Å². The molecule has 28 heavy (non-hydrogen) atoms. The molecule has 1 heterocycles. The summed E-state index contributed by atoms with van der Waals surface area (Å²) >= 11 is 6.19. The van der Waals surface area contributed by atoms with Crippen LogP contribution in [-0.2, 0) is 19.7 Å². The second kappa shape index (κ2) is 8.18. The summed E-state index contributed by atoms with van der Waals surface area (Å²) in [7, 11) is -7.93. The standard InChI is InChI=1S/C16H20ClN3O6S2/c1-5-8-28(24,25)13-11(27(4,22)23)7-6-10(12(13)17)14(21)18-16-20-19-15(26-16)9(2)3/h6-7,9H,5,8H2,1-4H3,(H,18,20,21). The number of rotatable bonds is 7. The Labute approximate surface area is 168 Å². The average molecular weight is 450 g/mol. The molecule has 0 radical (unpaired) electrons. The zero-order chi connectivity index (χ0) is 21.3. The maximum atomic E-state index is 12.6. The van der Waals surface area contributed by atoms with Crippen molar-refractivity contribution in [3.63, 3.8) is 0 Å². The van der Waals surface area contributed by atoms with Crippen LogP contribution in [0.15, 0.2) is 26.3 Å². The van der Waals surface area contributed by atoms with E-state index < -0.39 is 40.4 Å². The molecule has 2 aromatic rings. The summed E-state index contributed by atoms with van der Waals surface area (Å²) in [6.45, 7) is 5.28. The van der Waals surface area contributed by atoms with Crippen molar-refractivity contribution in [1.82, 2.24) is 10.2 Å². The minimum atomic E-state index is -4.03. The van der Waals surface area contributed by atoms with Gasteiger partial charge in [0.25, 0.3) is 5.91 Å². The van der Waals surface area contributed by atoms with Crippen molar-refractivity contribution in [3.8, 4) is 0 Å². The molecule has 1 N–H and O–H groups in total. The van der Waals surface area contributed by atoms with Gasteiger partial charge in [-0.15, -0.1) is 5.10 Å². The number of carbonyl (C=O) groups excluding carboxylic acids is 1. The van der Waals surface area contributed by atoms with Crippen LogP contribution in [0.25, 0.3) is 0 Å². The maximum Gasteiger partial charge on any atom is 0.322 e. The predicted molar refractivity (Wildman–Crippen MR) is 103 cm³/mol. The Hall–Kier alpha value is -1.98. The van der Waals surface area contributed by atoms with E-state index in [0.717, 1.165) is 18.4 Å². The SMILES string of the molecule is CCCS(=O)(=O)c1c(S(C)(=O)=O)ccc(C(=O)Nc2nnc(C(C)C)o2)c1Cl. The molecule has 0 fully saturated rings. The molecular weight excluding hydrogens is 430 g/mol. The van der Waals surface area contributed by atoms with Crippen LogP contribution >= 0.6 is 11.6 Å². The van der Waals surface area contributed by atoms with E-state index in [0.29, 0.717) is 5.89 Å². The number of nitrogens with zero attached hydrogens (tertiary/aromatic N) is 2. The Morgan fingerprint density at radius 2 is 1.86 bits per heavy atom. The summed E-state index contributed by atoms with van der Waals surface area (Å²) in [5.41, 5.74) is -0.229. The second-order valence-electron chi connectivity index (χ2n) is 6.40. The molecule has 0 aliphatic carbocycles. The fourth-order valence-electron chi connectivity index (χ4n) is 2.35. The Bertz CT molecular complexity index is 1110. The number of nitrogens with one attached hydrogen (secondary N) is 1. The van der Waals surface area contributed by atoms with Crippen LogP contribution in [0.3, 0.4) is 0 Å². The first kappa shape index (κ1) is 22.3. The molecule has 0 bridgehead atoms. The number of anilines is 1. The van der Waals surface area contributed by atoms with Gasteiger partial charge in [-0.1, -0.05) is 37.5 Å². The molecule has 0 saturated heterocycles. The van der Waals surface area contributed by atoms with Crippen LogP contribution in [0.2, 0.25) is 5.02 Å². The highest BCUT2D eigenvalue weighted by atomic mass is 35.5. The van der Waals surface area contributed by atoms with Crippen molar-refractivity contribution in [1.29, 1.82) is 0 Å². The van der Waals surface area contributed by atoms with E-state index in [1.165, 1.54) is 0 Å². The van der Waals surface area contributed by atoms with Gasteiger partial charge in [-0.05, 0) is 18.6 Å². The van der Waals surface area contributed by atoms with Gasteiger partial charge in [0, 0.05) is 12.2 Å². The number of amides is 1. The van der Waals surface area contributed by atoms with E-state index in [2.05, 4.69) is 15.5 Å². The molecule has 0 unspecified atom stereocenters. The molecule has 2 rings (SSSR count). The zero-order valence-corrected chi connectivity index (χ0v) is 18.1. The predicted octanol–water partition coefficient (Wildman–Crippen LogP) is 2.69. The minimum absolute atomic E-state index is 0.0541. The van der Waals surface area contributed by atoms with Gasteiger partial charge in [0.1, 0.15) is 4.90 Å².